The molecule has 0 aliphatic heterocycles. The highest BCUT2D eigenvalue weighted by Gasteiger charge is 2.03. The third-order valence-corrected chi connectivity index (χ3v) is 2.11. The molecule has 0 bridgehead atoms. The molecule has 94 valence electrons. The highest BCUT2D eigenvalue weighted by atomic mass is 19.1. The summed E-state index contributed by atoms with van der Waals surface area (Å²) in [5, 5.41) is 2.65. The van der Waals surface area contributed by atoms with Gasteiger partial charge in [0.05, 0.1) is 6.61 Å². The van der Waals surface area contributed by atoms with Crippen LogP contribution in [0.5, 0.6) is 5.75 Å². The van der Waals surface area contributed by atoms with Crippen molar-refractivity contribution in [1.29, 1.82) is 0 Å². The number of hydrogen-bond acceptors (Lipinski definition) is 3. The van der Waals surface area contributed by atoms with Gasteiger partial charge in [0.15, 0.2) is 11.6 Å². The van der Waals surface area contributed by atoms with Gasteiger partial charge in [0.25, 0.3) is 0 Å². The molecule has 0 radical (unpaired) electrons. The molecule has 0 atom stereocenters. The van der Waals surface area contributed by atoms with Crippen LogP contribution >= 0.6 is 0 Å². The van der Waals surface area contributed by atoms with Gasteiger partial charge in [0.1, 0.15) is 0 Å². The summed E-state index contributed by atoms with van der Waals surface area (Å²) < 4.78 is 18.3. The molecule has 1 amide bonds. The molecule has 0 fully saturated rings. The molecule has 0 aliphatic rings. The van der Waals surface area contributed by atoms with Crippen LogP contribution in [0.1, 0.15) is 12.8 Å². The van der Waals surface area contributed by atoms with Crippen LogP contribution in [0.25, 0.3) is 0 Å². The van der Waals surface area contributed by atoms with Crippen molar-refractivity contribution in [3.05, 3.63) is 30.1 Å². The first-order chi connectivity index (χ1) is 8.24. The number of amides is 1. The topological polar surface area (TPSA) is 64.3 Å². The smallest absolute Gasteiger partial charge is 0.220 e. The van der Waals surface area contributed by atoms with Gasteiger partial charge in [-0.3, -0.25) is 4.79 Å². The number of ether oxygens (including phenoxy) is 1. The van der Waals surface area contributed by atoms with Gasteiger partial charge in [-0.2, -0.15) is 0 Å². The molecule has 0 unspecified atom stereocenters. The Hall–Kier alpha value is -1.62. The van der Waals surface area contributed by atoms with Gasteiger partial charge in [-0.05, 0) is 18.6 Å². The van der Waals surface area contributed by atoms with Gasteiger partial charge < -0.3 is 15.8 Å². The SMILES string of the molecule is NCCNC(=O)CCCOc1ccccc1F. The number of carbonyl (C=O) groups is 1. The van der Waals surface area contributed by atoms with E-state index in [9.17, 15) is 9.18 Å². The number of para-hydroxylation sites is 1. The van der Waals surface area contributed by atoms with E-state index in [1.807, 2.05) is 0 Å². The van der Waals surface area contributed by atoms with Crippen LogP contribution < -0.4 is 15.8 Å². The summed E-state index contributed by atoms with van der Waals surface area (Å²) >= 11 is 0. The maximum atomic E-state index is 13.1. The van der Waals surface area contributed by atoms with E-state index in [1.165, 1.54) is 6.07 Å². The normalized spacial score (nSPS) is 10.0. The lowest BCUT2D eigenvalue weighted by molar-refractivity contribution is -0.121. The third kappa shape index (κ3) is 5.31. The molecule has 0 aliphatic carbocycles. The first kappa shape index (κ1) is 13.4. The minimum atomic E-state index is -0.389. The molecular formula is C12H17FN2O2. The molecule has 3 N–H and O–H groups in total. The highest BCUT2D eigenvalue weighted by molar-refractivity contribution is 5.75. The van der Waals surface area contributed by atoms with Crippen LogP contribution in [-0.4, -0.2) is 25.6 Å². The van der Waals surface area contributed by atoms with Crippen molar-refractivity contribution in [2.45, 2.75) is 12.8 Å². The second-order valence-corrected chi connectivity index (χ2v) is 3.52. The summed E-state index contributed by atoms with van der Waals surface area (Å²) in [7, 11) is 0. The zero-order valence-electron chi connectivity index (χ0n) is 9.62. The van der Waals surface area contributed by atoms with Gasteiger partial charge >= 0.3 is 0 Å². The minimum Gasteiger partial charge on any atom is -0.491 e. The Kier molecular flexibility index (Phi) is 6.03. The number of rotatable bonds is 7. The molecule has 17 heavy (non-hydrogen) atoms. The van der Waals surface area contributed by atoms with Crippen molar-refractivity contribution >= 4 is 5.91 Å². The molecule has 0 saturated carbocycles. The second kappa shape index (κ2) is 7.62. The average molecular weight is 240 g/mol. The van der Waals surface area contributed by atoms with Crippen molar-refractivity contribution in [3.63, 3.8) is 0 Å². The van der Waals surface area contributed by atoms with Crippen molar-refractivity contribution in [1.82, 2.24) is 5.32 Å². The molecule has 5 heteroatoms. The number of benzene rings is 1. The van der Waals surface area contributed by atoms with Crippen LogP contribution in [-0.2, 0) is 4.79 Å². The number of nitrogens with two attached hydrogens (primary N) is 1. The van der Waals surface area contributed by atoms with Crippen molar-refractivity contribution in [3.8, 4) is 5.75 Å². The van der Waals surface area contributed by atoms with Crippen molar-refractivity contribution in [2.24, 2.45) is 5.73 Å². The molecule has 1 rings (SSSR count). The maximum Gasteiger partial charge on any atom is 0.220 e. The fraction of sp³-hybridized carbons (Fsp3) is 0.417. The van der Waals surface area contributed by atoms with Gasteiger partial charge in [-0.25, -0.2) is 4.39 Å². The van der Waals surface area contributed by atoms with Crippen molar-refractivity contribution < 1.29 is 13.9 Å². The second-order valence-electron chi connectivity index (χ2n) is 3.52. The number of hydrogen-bond donors (Lipinski definition) is 2. The van der Waals surface area contributed by atoms with Crippen molar-refractivity contribution in [2.75, 3.05) is 19.7 Å². The van der Waals surface area contributed by atoms with E-state index in [4.69, 9.17) is 10.5 Å². The summed E-state index contributed by atoms with van der Waals surface area (Å²) in [4.78, 5) is 11.2. The summed E-state index contributed by atoms with van der Waals surface area (Å²) in [6.07, 6.45) is 0.902. The number of carbonyl (C=O) groups excluding carboxylic acids is 1. The van der Waals surface area contributed by atoms with E-state index in [0.717, 1.165) is 0 Å². The zero-order chi connectivity index (χ0) is 12.5. The van der Waals surface area contributed by atoms with Crippen LogP contribution in [0.4, 0.5) is 4.39 Å². The largest absolute Gasteiger partial charge is 0.491 e. The first-order valence-corrected chi connectivity index (χ1v) is 5.58. The lowest BCUT2D eigenvalue weighted by atomic mass is 10.3. The minimum absolute atomic E-state index is 0.0624. The van der Waals surface area contributed by atoms with Gasteiger partial charge in [0, 0.05) is 19.5 Å². The third-order valence-electron chi connectivity index (χ3n) is 2.11. The van der Waals surface area contributed by atoms with Crippen LogP contribution in [0, 0.1) is 5.82 Å². The summed E-state index contributed by atoms with van der Waals surface area (Å²) in [6.45, 7) is 1.22. The summed E-state index contributed by atoms with van der Waals surface area (Å²) in [6, 6.07) is 6.20. The predicted molar refractivity (Wildman–Crippen MR) is 63.2 cm³/mol. The lowest BCUT2D eigenvalue weighted by Crippen LogP contribution is -2.29. The number of nitrogens with one attached hydrogen (secondary N) is 1. The molecule has 1 aromatic carbocycles. The van der Waals surface area contributed by atoms with E-state index in [0.29, 0.717) is 32.5 Å². The van der Waals surface area contributed by atoms with E-state index < -0.39 is 0 Å². The van der Waals surface area contributed by atoms with E-state index in [-0.39, 0.29) is 17.5 Å². The Balaban J connectivity index is 2.16. The number of halogens is 1. The Morgan fingerprint density at radius 3 is 2.88 bits per heavy atom. The van der Waals surface area contributed by atoms with E-state index >= 15 is 0 Å². The predicted octanol–water partition coefficient (Wildman–Crippen LogP) is 1.06. The Morgan fingerprint density at radius 2 is 2.18 bits per heavy atom. The molecule has 4 nitrogen and oxygen atoms in total. The molecule has 0 spiro atoms. The molecule has 0 heterocycles. The standard InChI is InChI=1S/C12H17FN2O2/c13-10-4-1-2-5-11(10)17-9-3-6-12(16)15-8-7-14/h1-2,4-5H,3,6-9,14H2,(H,15,16). The molecule has 1 aromatic rings. The fourth-order valence-corrected chi connectivity index (χ4v) is 1.28. The monoisotopic (exact) mass is 240 g/mol. The summed E-state index contributed by atoms with van der Waals surface area (Å²) in [5.41, 5.74) is 5.24. The Labute approximate surface area is 100.0 Å². The van der Waals surface area contributed by atoms with E-state index in [2.05, 4.69) is 5.32 Å². The Bertz CT molecular complexity index is 358. The summed E-state index contributed by atoms with van der Waals surface area (Å²) in [5.74, 6) is -0.234. The maximum absolute atomic E-state index is 13.1. The van der Waals surface area contributed by atoms with E-state index in [1.54, 1.807) is 18.2 Å². The average Bonchev–Trinajstić information content (AvgIpc) is 2.34. The lowest BCUT2D eigenvalue weighted by Gasteiger charge is -2.07. The van der Waals surface area contributed by atoms with Gasteiger partial charge in [-0.1, -0.05) is 12.1 Å². The zero-order valence-corrected chi connectivity index (χ0v) is 9.62. The molecule has 0 aromatic heterocycles. The fourth-order valence-electron chi connectivity index (χ4n) is 1.28. The van der Waals surface area contributed by atoms with Crippen LogP contribution in [0.3, 0.4) is 0 Å². The molecule has 0 saturated heterocycles. The molecular weight excluding hydrogens is 223 g/mol. The first-order valence-electron chi connectivity index (χ1n) is 5.58. The van der Waals surface area contributed by atoms with Crippen LogP contribution in [0.15, 0.2) is 24.3 Å². The highest BCUT2D eigenvalue weighted by Crippen LogP contribution is 2.15. The quantitative estimate of drug-likeness (QED) is 0.700. The van der Waals surface area contributed by atoms with Crippen LogP contribution in [0.2, 0.25) is 0 Å². The Morgan fingerprint density at radius 1 is 1.41 bits per heavy atom. The van der Waals surface area contributed by atoms with Gasteiger partial charge in [0.2, 0.25) is 5.91 Å². The van der Waals surface area contributed by atoms with Gasteiger partial charge in [-0.15, -0.1) is 0 Å².